The highest BCUT2D eigenvalue weighted by molar-refractivity contribution is 6.02. The lowest BCUT2D eigenvalue weighted by Crippen LogP contribution is -2.42. The molecular weight excluding hydrogens is 416 g/mol. The lowest BCUT2D eigenvalue weighted by Gasteiger charge is -2.40. The molecular formula is C27H26N2O4. The Hall–Kier alpha value is -3.51. The summed E-state index contributed by atoms with van der Waals surface area (Å²) in [4.78, 5) is 44.3. The molecule has 168 valence electrons. The van der Waals surface area contributed by atoms with Crippen LogP contribution in [-0.2, 0) is 24.8 Å². The Kier molecular flexibility index (Phi) is 5.46. The van der Waals surface area contributed by atoms with E-state index in [2.05, 4.69) is 54.3 Å². The first-order chi connectivity index (χ1) is 16.0. The molecule has 2 amide bonds. The first-order valence-corrected chi connectivity index (χ1v) is 11.4. The van der Waals surface area contributed by atoms with E-state index in [0.29, 0.717) is 17.5 Å². The third-order valence-electron chi connectivity index (χ3n) is 6.62. The second kappa shape index (κ2) is 8.45. The van der Waals surface area contributed by atoms with Gasteiger partial charge in [-0.2, -0.15) is 0 Å². The van der Waals surface area contributed by atoms with Gasteiger partial charge in [0.05, 0.1) is 5.54 Å². The highest BCUT2D eigenvalue weighted by atomic mass is 16.7. The topological polar surface area (TPSA) is 66.7 Å². The summed E-state index contributed by atoms with van der Waals surface area (Å²) in [5, 5.41) is 0.632. The van der Waals surface area contributed by atoms with Crippen LogP contribution in [0.3, 0.4) is 0 Å². The van der Waals surface area contributed by atoms with Crippen molar-refractivity contribution in [3.8, 4) is 0 Å². The van der Waals surface area contributed by atoms with E-state index in [9.17, 15) is 14.4 Å². The summed E-state index contributed by atoms with van der Waals surface area (Å²) < 4.78 is 0. The maximum Gasteiger partial charge on any atom is 0.351 e. The van der Waals surface area contributed by atoms with Crippen LogP contribution in [0.1, 0.15) is 37.3 Å². The Balaban J connectivity index is 1.56. The van der Waals surface area contributed by atoms with Gasteiger partial charge in [-0.05, 0) is 29.0 Å². The van der Waals surface area contributed by atoms with Crippen molar-refractivity contribution in [1.29, 1.82) is 0 Å². The molecule has 3 unspecified atom stereocenters. The molecule has 0 radical (unpaired) electrons. The summed E-state index contributed by atoms with van der Waals surface area (Å²) in [7, 11) is 0. The zero-order valence-electron chi connectivity index (χ0n) is 18.5. The van der Waals surface area contributed by atoms with E-state index in [1.807, 2.05) is 36.4 Å². The van der Waals surface area contributed by atoms with E-state index < -0.39 is 29.4 Å². The Morgan fingerprint density at radius 1 is 0.939 bits per heavy atom. The molecule has 2 fully saturated rings. The van der Waals surface area contributed by atoms with Gasteiger partial charge in [0.15, 0.2) is 0 Å². The number of nitrogens with zero attached hydrogens (tertiary/aromatic N) is 2. The van der Waals surface area contributed by atoms with E-state index in [1.165, 1.54) is 0 Å². The number of rotatable bonds is 6. The van der Waals surface area contributed by atoms with Crippen LogP contribution in [0.4, 0.5) is 0 Å². The van der Waals surface area contributed by atoms with Crippen LogP contribution in [0.15, 0.2) is 84.5 Å². The van der Waals surface area contributed by atoms with Gasteiger partial charge in [-0.3, -0.25) is 14.5 Å². The molecule has 5 rings (SSSR count). The molecule has 0 aromatic heterocycles. The molecule has 2 aliphatic heterocycles. The van der Waals surface area contributed by atoms with E-state index in [4.69, 9.17) is 4.84 Å². The Bertz CT molecular complexity index is 1080. The van der Waals surface area contributed by atoms with Crippen molar-refractivity contribution in [2.24, 2.45) is 5.92 Å². The van der Waals surface area contributed by atoms with Gasteiger partial charge < -0.3 is 4.84 Å². The number of hydrogen-bond donors (Lipinski definition) is 0. The summed E-state index contributed by atoms with van der Waals surface area (Å²) in [6, 6.07) is 19.7. The summed E-state index contributed by atoms with van der Waals surface area (Å²) in [6.45, 7) is 2.64. The van der Waals surface area contributed by atoms with Gasteiger partial charge in [0.2, 0.25) is 0 Å². The minimum Gasteiger partial charge on any atom is -0.329 e. The van der Waals surface area contributed by atoms with E-state index in [-0.39, 0.29) is 12.8 Å². The van der Waals surface area contributed by atoms with Gasteiger partial charge in [0, 0.05) is 19.4 Å². The highest BCUT2D eigenvalue weighted by Crippen LogP contribution is 2.50. The quantitative estimate of drug-likeness (QED) is 0.504. The van der Waals surface area contributed by atoms with Crippen LogP contribution in [0.5, 0.6) is 0 Å². The van der Waals surface area contributed by atoms with Gasteiger partial charge in [-0.25, -0.2) is 4.79 Å². The molecule has 1 aliphatic carbocycles. The first-order valence-electron chi connectivity index (χ1n) is 11.4. The van der Waals surface area contributed by atoms with Crippen LogP contribution in [0, 0.1) is 5.92 Å². The van der Waals surface area contributed by atoms with Gasteiger partial charge in [0.25, 0.3) is 11.8 Å². The smallest absolute Gasteiger partial charge is 0.329 e. The maximum atomic E-state index is 13.1. The fourth-order valence-corrected chi connectivity index (χ4v) is 4.87. The second-order valence-corrected chi connectivity index (χ2v) is 8.83. The van der Waals surface area contributed by atoms with Crippen molar-refractivity contribution < 1.29 is 19.2 Å². The minimum absolute atomic E-state index is 0.0777. The third kappa shape index (κ3) is 3.70. The molecule has 2 aromatic carbocycles. The molecule has 0 spiro atoms. The van der Waals surface area contributed by atoms with Crippen molar-refractivity contribution >= 4 is 17.8 Å². The Labute approximate surface area is 193 Å². The fourth-order valence-electron chi connectivity index (χ4n) is 4.87. The molecule has 6 nitrogen and oxygen atoms in total. The molecule has 0 saturated carbocycles. The van der Waals surface area contributed by atoms with Crippen LogP contribution < -0.4 is 0 Å². The number of carbonyl (C=O) groups excluding carboxylic acids is 3. The average Bonchev–Trinajstić information content (AvgIpc) is 3.59. The number of hydroxylamine groups is 2. The summed E-state index contributed by atoms with van der Waals surface area (Å²) >= 11 is 0. The van der Waals surface area contributed by atoms with E-state index in [0.717, 1.165) is 23.1 Å². The zero-order chi connectivity index (χ0) is 23.0. The number of hydrogen-bond acceptors (Lipinski definition) is 5. The standard InChI is InChI=1S/C27H26N2O4/c1-19-12-14-22(15-13-19)27(20-8-4-2-5-9-20,21-10-6-3-7-11-21)28-18-23(28)26(32)33-29-24(30)16-17-25(29)31/h2-12,14-15,19,23H,13,16-18H2,1H3. The number of benzene rings is 2. The Morgan fingerprint density at radius 3 is 2.03 bits per heavy atom. The van der Waals surface area contributed by atoms with Gasteiger partial charge in [0.1, 0.15) is 6.04 Å². The second-order valence-electron chi connectivity index (χ2n) is 8.83. The predicted octanol–water partition coefficient (Wildman–Crippen LogP) is 3.74. The number of imide groups is 1. The lowest BCUT2D eigenvalue weighted by molar-refractivity contribution is -0.197. The molecule has 0 N–H and O–H groups in total. The zero-order valence-corrected chi connectivity index (χ0v) is 18.5. The summed E-state index contributed by atoms with van der Waals surface area (Å²) in [5.41, 5.74) is 2.50. The Morgan fingerprint density at radius 2 is 1.52 bits per heavy atom. The van der Waals surface area contributed by atoms with Gasteiger partial charge >= 0.3 is 5.97 Å². The maximum absolute atomic E-state index is 13.1. The number of allylic oxidation sites excluding steroid dienone is 2. The summed E-state index contributed by atoms with van der Waals surface area (Å²) in [6.07, 6.45) is 7.67. The molecule has 2 aromatic rings. The normalized spacial score (nSPS) is 24.6. The number of carbonyl (C=O) groups is 3. The number of amides is 2. The summed E-state index contributed by atoms with van der Waals surface area (Å²) in [5.74, 6) is -1.07. The largest absolute Gasteiger partial charge is 0.351 e. The molecule has 3 aliphatic rings. The van der Waals surface area contributed by atoms with Crippen molar-refractivity contribution in [1.82, 2.24) is 9.96 Å². The van der Waals surface area contributed by atoms with Crippen molar-refractivity contribution in [3.63, 3.8) is 0 Å². The highest BCUT2D eigenvalue weighted by Gasteiger charge is 2.58. The lowest BCUT2D eigenvalue weighted by atomic mass is 9.74. The van der Waals surface area contributed by atoms with Gasteiger partial charge in [-0.15, -0.1) is 5.06 Å². The van der Waals surface area contributed by atoms with E-state index >= 15 is 0 Å². The molecule has 3 atom stereocenters. The molecule has 6 heteroatoms. The van der Waals surface area contributed by atoms with E-state index in [1.54, 1.807) is 0 Å². The van der Waals surface area contributed by atoms with Crippen LogP contribution in [0.25, 0.3) is 0 Å². The third-order valence-corrected chi connectivity index (χ3v) is 6.62. The molecule has 2 heterocycles. The fraction of sp³-hybridized carbons (Fsp3) is 0.296. The molecule has 0 bridgehead atoms. The monoisotopic (exact) mass is 442 g/mol. The van der Waals surface area contributed by atoms with Crippen LogP contribution in [-0.4, -0.2) is 40.3 Å². The van der Waals surface area contributed by atoms with Crippen LogP contribution >= 0.6 is 0 Å². The predicted molar refractivity (Wildman–Crippen MR) is 122 cm³/mol. The minimum atomic E-state index is -0.693. The SMILES string of the molecule is CC1C=CC(C(c2ccccc2)(c2ccccc2)N2CC2C(=O)ON2C(=O)CCC2=O)=CC1. The molecule has 33 heavy (non-hydrogen) atoms. The van der Waals surface area contributed by atoms with Crippen molar-refractivity contribution in [2.75, 3.05) is 6.54 Å². The average molecular weight is 443 g/mol. The van der Waals surface area contributed by atoms with Gasteiger partial charge in [-0.1, -0.05) is 85.8 Å². The van der Waals surface area contributed by atoms with Crippen molar-refractivity contribution in [2.45, 2.75) is 37.8 Å². The van der Waals surface area contributed by atoms with Crippen molar-refractivity contribution in [3.05, 3.63) is 95.6 Å². The molecule has 2 saturated heterocycles. The first kappa shape index (κ1) is 21.3. The van der Waals surface area contributed by atoms with Crippen LogP contribution in [0.2, 0.25) is 0 Å².